The van der Waals surface area contributed by atoms with Crippen LogP contribution in [0.2, 0.25) is 0 Å². The number of morpholine rings is 1. The first-order chi connectivity index (χ1) is 11.6. The van der Waals surface area contributed by atoms with E-state index in [0.29, 0.717) is 36.5 Å². The zero-order valence-electron chi connectivity index (χ0n) is 13.6. The Morgan fingerprint density at radius 2 is 1.83 bits per heavy atom. The van der Waals surface area contributed by atoms with Crippen LogP contribution in [0.3, 0.4) is 0 Å². The minimum Gasteiger partial charge on any atom is -0.375 e. The molecule has 1 atom stereocenters. The van der Waals surface area contributed by atoms with Crippen molar-refractivity contribution < 1.29 is 14.3 Å². The SMILES string of the molecule is CC1CN(C(=O)c2cccc(NC(=O)c3ccccc3)c2)CCO1. The summed E-state index contributed by atoms with van der Waals surface area (Å²) in [4.78, 5) is 26.6. The number of benzene rings is 2. The van der Waals surface area contributed by atoms with Crippen molar-refractivity contribution in [2.75, 3.05) is 25.0 Å². The van der Waals surface area contributed by atoms with Crippen LogP contribution in [0.1, 0.15) is 27.6 Å². The van der Waals surface area contributed by atoms with Gasteiger partial charge in [0.05, 0.1) is 12.7 Å². The molecule has 5 nitrogen and oxygen atoms in total. The van der Waals surface area contributed by atoms with Gasteiger partial charge >= 0.3 is 0 Å². The van der Waals surface area contributed by atoms with Crippen molar-refractivity contribution >= 4 is 17.5 Å². The van der Waals surface area contributed by atoms with Crippen molar-refractivity contribution in [3.05, 3.63) is 65.7 Å². The van der Waals surface area contributed by atoms with Gasteiger partial charge in [-0.05, 0) is 37.3 Å². The van der Waals surface area contributed by atoms with Crippen molar-refractivity contribution in [1.29, 1.82) is 0 Å². The molecule has 1 heterocycles. The zero-order valence-corrected chi connectivity index (χ0v) is 13.6. The van der Waals surface area contributed by atoms with Crippen molar-refractivity contribution in [3.8, 4) is 0 Å². The van der Waals surface area contributed by atoms with E-state index in [1.165, 1.54) is 0 Å². The number of nitrogens with zero attached hydrogens (tertiary/aromatic N) is 1. The van der Waals surface area contributed by atoms with Gasteiger partial charge in [-0.15, -0.1) is 0 Å². The van der Waals surface area contributed by atoms with Crippen LogP contribution < -0.4 is 5.32 Å². The van der Waals surface area contributed by atoms with Crippen molar-refractivity contribution in [2.45, 2.75) is 13.0 Å². The summed E-state index contributed by atoms with van der Waals surface area (Å²) < 4.78 is 5.47. The fourth-order valence-electron chi connectivity index (χ4n) is 2.71. The molecule has 1 aliphatic heterocycles. The molecule has 124 valence electrons. The predicted octanol–water partition coefficient (Wildman–Crippen LogP) is 2.80. The largest absolute Gasteiger partial charge is 0.375 e. The van der Waals surface area contributed by atoms with Gasteiger partial charge in [-0.2, -0.15) is 0 Å². The van der Waals surface area contributed by atoms with Gasteiger partial charge in [-0.25, -0.2) is 0 Å². The number of nitrogens with one attached hydrogen (secondary N) is 1. The van der Waals surface area contributed by atoms with Crippen LogP contribution in [0.5, 0.6) is 0 Å². The molecule has 0 saturated carbocycles. The Hall–Kier alpha value is -2.66. The molecule has 5 heteroatoms. The Morgan fingerprint density at radius 3 is 2.58 bits per heavy atom. The van der Waals surface area contributed by atoms with Gasteiger partial charge in [-0.3, -0.25) is 9.59 Å². The topological polar surface area (TPSA) is 58.6 Å². The average Bonchev–Trinajstić information content (AvgIpc) is 2.62. The maximum absolute atomic E-state index is 12.6. The highest BCUT2D eigenvalue weighted by Crippen LogP contribution is 2.16. The molecule has 1 saturated heterocycles. The molecule has 1 fully saturated rings. The smallest absolute Gasteiger partial charge is 0.255 e. The minimum atomic E-state index is -0.194. The fourth-order valence-corrected chi connectivity index (χ4v) is 2.71. The molecule has 0 aliphatic carbocycles. The molecule has 3 rings (SSSR count). The van der Waals surface area contributed by atoms with Crippen molar-refractivity contribution in [1.82, 2.24) is 4.90 Å². The van der Waals surface area contributed by atoms with Crippen LogP contribution in [0.4, 0.5) is 5.69 Å². The summed E-state index contributed by atoms with van der Waals surface area (Å²) in [5.41, 5.74) is 1.75. The van der Waals surface area contributed by atoms with E-state index in [9.17, 15) is 9.59 Å². The molecule has 24 heavy (non-hydrogen) atoms. The first kappa shape index (κ1) is 16.2. The van der Waals surface area contributed by atoms with Gasteiger partial charge in [-0.1, -0.05) is 24.3 Å². The lowest BCUT2D eigenvalue weighted by molar-refractivity contribution is -0.0124. The lowest BCUT2D eigenvalue weighted by atomic mass is 10.1. The van der Waals surface area contributed by atoms with E-state index in [1.807, 2.05) is 25.1 Å². The average molecular weight is 324 g/mol. The van der Waals surface area contributed by atoms with Gasteiger partial charge in [0.25, 0.3) is 11.8 Å². The molecule has 0 bridgehead atoms. The van der Waals surface area contributed by atoms with Gasteiger partial charge in [0.15, 0.2) is 0 Å². The zero-order chi connectivity index (χ0) is 16.9. The molecule has 1 N–H and O–H groups in total. The summed E-state index contributed by atoms with van der Waals surface area (Å²) in [5.74, 6) is -0.235. The summed E-state index contributed by atoms with van der Waals surface area (Å²) in [6, 6.07) is 16.0. The minimum absolute atomic E-state index is 0.0408. The van der Waals surface area contributed by atoms with E-state index in [4.69, 9.17) is 4.74 Å². The predicted molar refractivity (Wildman–Crippen MR) is 92.2 cm³/mol. The van der Waals surface area contributed by atoms with E-state index in [1.54, 1.807) is 41.3 Å². The molecule has 0 spiro atoms. The number of carbonyl (C=O) groups is 2. The first-order valence-electron chi connectivity index (χ1n) is 8.01. The molecule has 2 amide bonds. The number of hydrogen-bond acceptors (Lipinski definition) is 3. The van der Waals surface area contributed by atoms with Gasteiger partial charge in [0, 0.05) is 29.9 Å². The second kappa shape index (κ2) is 7.27. The molecular weight excluding hydrogens is 304 g/mol. The summed E-state index contributed by atoms with van der Waals surface area (Å²) in [6.07, 6.45) is 0.0451. The standard InChI is InChI=1S/C19H20N2O3/c1-14-13-21(10-11-24-14)19(23)16-8-5-9-17(12-16)20-18(22)15-6-3-2-4-7-15/h2-9,12,14H,10-11,13H2,1H3,(H,20,22). The number of carbonyl (C=O) groups excluding carboxylic acids is 2. The second-order valence-corrected chi connectivity index (χ2v) is 5.83. The van der Waals surface area contributed by atoms with Crippen LogP contribution in [-0.4, -0.2) is 42.5 Å². The molecule has 0 aromatic heterocycles. The number of hydrogen-bond donors (Lipinski definition) is 1. The highest BCUT2D eigenvalue weighted by Gasteiger charge is 2.22. The number of rotatable bonds is 3. The lowest BCUT2D eigenvalue weighted by Crippen LogP contribution is -2.44. The van der Waals surface area contributed by atoms with Crippen LogP contribution in [-0.2, 0) is 4.74 Å². The van der Waals surface area contributed by atoms with Crippen LogP contribution in [0.25, 0.3) is 0 Å². The monoisotopic (exact) mass is 324 g/mol. The summed E-state index contributed by atoms with van der Waals surface area (Å²) >= 11 is 0. The van der Waals surface area contributed by atoms with Gasteiger partial charge in [0.2, 0.25) is 0 Å². The third-order valence-electron chi connectivity index (χ3n) is 3.93. The van der Waals surface area contributed by atoms with E-state index in [0.717, 1.165) is 0 Å². The third-order valence-corrected chi connectivity index (χ3v) is 3.93. The normalized spacial score (nSPS) is 17.4. The lowest BCUT2D eigenvalue weighted by Gasteiger charge is -2.31. The summed E-state index contributed by atoms with van der Waals surface area (Å²) in [5, 5.41) is 2.83. The van der Waals surface area contributed by atoms with E-state index in [2.05, 4.69) is 5.32 Å². The Kier molecular flexibility index (Phi) is 4.91. The Balaban J connectivity index is 1.72. The summed E-state index contributed by atoms with van der Waals surface area (Å²) in [6.45, 7) is 3.68. The second-order valence-electron chi connectivity index (χ2n) is 5.83. The number of ether oxygens (including phenoxy) is 1. The molecule has 1 aliphatic rings. The fraction of sp³-hybridized carbons (Fsp3) is 0.263. The van der Waals surface area contributed by atoms with Crippen LogP contribution in [0, 0.1) is 0 Å². The summed E-state index contributed by atoms with van der Waals surface area (Å²) in [7, 11) is 0. The molecular formula is C19H20N2O3. The van der Waals surface area contributed by atoms with Crippen molar-refractivity contribution in [3.63, 3.8) is 0 Å². The highest BCUT2D eigenvalue weighted by atomic mass is 16.5. The first-order valence-corrected chi connectivity index (χ1v) is 8.01. The van der Waals surface area contributed by atoms with E-state index in [-0.39, 0.29) is 17.9 Å². The Morgan fingerprint density at radius 1 is 1.08 bits per heavy atom. The number of anilines is 1. The maximum atomic E-state index is 12.6. The van der Waals surface area contributed by atoms with Crippen LogP contribution >= 0.6 is 0 Å². The van der Waals surface area contributed by atoms with E-state index < -0.39 is 0 Å². The molecule has 2 aromatic carbocycles. The van der Waals surface area contributed by atoms with Crippen LogP contribution in [0.15, 0.2) is 54.6 Å². The molecule has 1 unspecified atom stereocenters. The van der Waals surface area contributed by atoms with Gasteiger partial charge < -0.3 is 15.0 Å². The maximum Gasteiger partial charge on any atom is 0.255 e. The van der Waals surface area contributed by atoms with Crippen molar-refractivity contribution in [2.24, 2.45) is 0 Å². The highest BCUT2D eigenvalue weighted by molar-refractivity contribution is 6.05. The van der Waals surface area contributed by atoms with Gasteiger partial charge in [0.1, 0.15) is 0 Å². The number of amides is 2. The Labute approximate surface area is 141 Å². The Bertz CT molecular complexity index is 730. The molecule has 2 aromatic rings. The quantitative estimate of drug-likeness (QED) is 0.944. The van der Waals surface area contributed by atoms with E-state index >= 15 is 0 Å². The molecule has 0 radical (unpaired) electrons. The third kappa shape index (κ3) is 3.81.